The van der Waals surface area contributed by atoms with Crippen molar-refractivity contribution >= 4 is 5.95 Å². The van der Waals surface area contributed by atoms with Crippen LogP contribution in [0.2, 0.25) is 0 Å². The summed E-state index contributed by atoms with van der Waals surface area (Å²) < 4.78 is 39.4. The molecule has 4 nitrogen and oxygen atoms in total. The summed E-state index contributed by atoms with van der Waals surface area (Å²) in [6.07, 6.45) is -1.70. The molecule has 2 N–H and O–H groups in total. The lowest BCUT2D eigenvalue weighted by Gasteiger charge is -2.08. The van der Waals surface area contributed by atoms with Crippen molar-refractivity contribution in [3.8, 4) is 0 Å². The Labute approximate surface area is 72.1 Å². The van der Waals surface area contributed by atoms with Crippen molar-refractivity contribution in [3.63, 3.8) is 0 Å². The maximum atomic E-state index is 11.5. The van der Waals surface area contributed by atoms with Crippen LogP contribution in [0.4, 0.5) is 19.1 Å². The summed E-state index contributed by atoms with van der Waals surface area (Å²) in [6, 6.07) is 0. The number of imidazole rings is 1. The fraction of sp³-hybridized carbons (Fsp3) is 0.500. The Morgan fingerprint density at radius 2 is 2.23 bits per heavy atom. The molecule has 0 radical (unpaired) electrons. The number of hydrogen-bond acceptors (Lipinski definition) is 3. The van der Waals surface area contributed by atoms with Crippen molar-refractivity contribution in [1.29, 1.82) is 0 Å². The zero-order valence-electron chi connectivity index (χ0n) is 6.58. The summed E-state index contributed by atoms with van der Waals surface area (Å²) in [5, 5.41) is 0. The molecule has 0 aliphatic heterocycles. The summed E-state index contributed by atoms with van der Waals surface area (Å²) in [4.78, 5) is 3.64. The molecular weight excluding hydrogens is 187 g/mol. The lowest BCUT2D eigenvalue weighted by Crippen LogP contribution is -2.17. The van der Waals surface area contributed by atoms with E-state index in [1.165, 1.54) is 17.0 Å². The van der Waals surface area contributed by atoms with Gasteiger partial charge in [0.25, 0.3) is 0 Å². The van der Waals surface area contributed by atoms with Crippen molar-refractivity contribution in [2.24, 2.45) is 0 Å². The van der Waals surface area contributed by atoms with E-state index in [0.717, 1.165) is 0 Å². The molecule has 0 bridgehead atoms. The molecule has 0 fully saturated rings. The van der Waals surface area contributed by atoms with E-state index in [4.69, 9.17) is 5.73 Å². The van der Waals surface area contributed by atoms with Crippen LogP contribution < -0.4 is 5.73 Å². The Hall–Kier alpha value is -1.24. The van der Waals surface area contributed by atoms with Crippen molar-refractivity contribution in [1.82, 2.24) is 9.55 Å². The Morgan fingerprint density at radius 1 is 1.54 bits per heavy atom. The first-order chi connectivity index (χ1) is 5.99. The first-order valence-electron chi connectivity index (χ1n) is 3.46. The Kier molecular flexibility index (Phi) is 2.76. The number of alkyl halides is 3. The second kappa shape index (κ2) is 3.65. The highest BCUT2D eigenvalue weighted by Crippen LogP contribution is 2.15. The highest BCUT2D eigenvalue weighted by atomic mass is 19.4. The smallest absolute Gasteiger partial charge is 0.369 e. The molecule has 0 saturated carbocycles. The van der Waals surface area contributed by atoms with Gasteiger partial charge in [-0.1, -0.05) is 0 Å². The molecule has 0 aliphatic rings. The van der Waals surface area contributed by atoms with E-state index >= 15 is 0 Å². The van der Waals surface area contributed by atoms with Gasteiger partial charge in [0.1, 0.15) is 0 Å². The molecule has 0 spiro atoms. The van der Waals surface area contributed by atoms with Crippen LogP contribution in [0.25, 0.3) is 0 Å². The molecule has 0 saturated heterocycles. The standard InChI is InChI=1S/C6H8F3N3O/c7-6(8,9)13-4-3-12-2-1-11-5(12)10/h1-2H,3-4H2,(H2,10,11). The highest BCUT2D eigenvalue weighted by molar-refractivity contribution is 5.16. The van der Waals surface area contributed by atoms with Crippen LogP contribution in [0.15, 0.2) is 12.4 Å². The molecule has 1 aromatic rings. The minimum absolute atomic E-state index is 0.0331. The predicted octanol–water partition coefficient (Wildman–Crippen LogP) is 1.00. The zero-order valence-corrected chi connectivity index (χ0v) is 6.58. The minimum atomic E-state index is -4.59. The number of nitrogens with two attached hydrogens (primary N) is 1. The topological polar surface area (TPSA) is 53.1 Å². The predicted molar refractivity (Wildman–Crippen MR) is 38.6 cm³/mol. The molecular formula is C6H8F3N3O. The Bertz CT molecular complexity index is 270. The number of aromatic nitrogens is 2. The number of ether oxygens (including phenoxy) is 1. The van der Waals surface area contributed by atoms with Crippen molar-refractivity contribution in [3.05, 3.63) is 12.4 Å². The molecule has 0 aromatic carbocycles. The molecule has 74 valence electrons. The van der Waals surface area contributed by atoms with Crippen LogP contribution >= 0.6 is 0 Å². The molecule has 1 heterocycles. The monoisotopic (exact) mass is 195 g/mol. The third-order valence-corrected chi connectivity index (χ3v) is 1.35. The van der Waals surface area contributed by atoms with Crippen molar-refractivity contribution in [2.75, 3.05) is 12.3 Å². The average molecular weight is 195 g/mol. The Morgan fingerprint density at radius 3 is 2.69 bits per heavy atom. The highest BCUT2D eigenvalue weighted by Gasteiger charge is 2.28. The normalized spacial score (nSPS) is 11.9. The molecule has 1 rings (SSSR count). The fourth-order valence-electron chi connectivity index (χ4n) is 0.790. The van der Waals surface area contributed by atoms with Gasteiger partial charge in [0.05, 0.1) is 6.61 Å². The number of halogens is 3. The van der Waals surface area contributed by atoms with E-state index in [-0.39, 0.29) is 12.5 Å². The number of anilines is 1. The summed E-state index contributed by atoms with van der Waals surface area (Å²) in [5.74, 6) is 0.172. The second-order valence-corrected chi connectivity index (χ2v) is 2.27. The molecule has 13 heavy (non-hydrogen) atoms. The fourth-order valence-corrected chi connectivity index (χ4v) is 0.790. The quantitative estimate of drug-likeness (QED) is 0.782. The summed E-state index contributed by atoms with van der Waals surface area (Å²) in [5.41, 5.74) is 5.31. The summed E-state index contributed by atoms with van der Waals surface area (Å²) in [7, 11) is 0. The lowest BCUT2D eigenvalue weighted by molar-refractivity contribution is -0.325. The van der Waals surface area contributed by atoms with E-state index in [0.29, 0.717) is 0 Å². The van der Waals surface area contributed by atoms with E-state index in [1.807, 2.05) is 0 Å². The van der Waals surface area contributed by atoms with Crippen LogP contribution in [0.1, 0.15) is 0 Å². The number of nitrogens with zero attached hydrogens (tertiary/aromatic N) is 2. The molecule has 0 atom stereocenters. The molecule has 0 aliphatic carbocycles. The lowest BCUT2D eigenvalue weighted by atomic mass is 10.6. The zero-order chi connectivity index (χ0) is 9.90. The Balaban J connectivity index is 2.32. The van der Waals surface area contributed by atoms with Gasteiger partial charge >= 0.3 is 6.36 Å². The van der Waals surface area contributed by atoms with E-state index in [2.05, 4.69) is 9.72 Å². The van der Waals surface area contributed by atoms with E-state index in [1.54, 1.807) is 0 Å². The van der Waals surface area contributed by atoms with Crippen LogP contribution in [-0.2, 0) is 11.3 Å². The van der Waals surface area contributed by atoms with Crippen molar-refractivity contribution in [2.45, 2.75) is 12.9 Å². The molecule has 0 unspecified atom stereocenters. The van der Waals surface area contributed by atoms with Crippen LogP contribution in [0.5, 0.6) is 0 Å². The van der Waals surface area contributed by atoms with Gasteiger partial charge < -0.3 is 10.3 Å². The van der Waals surface area contributed by atoms with Crippen LogP contribution in [0.3, 0.4) is 0 Å². The third-order valence-electron chi connectivity index (χ3n) is 1.35. The molecule has 7 heteroatoms. The van der Waals surface area contributed by atoms with Crippen LogP contribution in [0, 0.1) is 0 Å². The number of rotatable bonds is 3. The second-order valence-electron chi connectivity index (χ2n) is 2.27. The van der Waals surface area contributed by atoms with Gasteiger partial charge in [0.2, 0.25) is 0 Å². The first kappa shape index (κ1) is 9.85. The maximum absolute atomic E-state index is 11.5. The van der Waals surface area contributed by atoms with Gasteiger partial charge in [-0.15, -0.1) is 13.2 Å². The van der Waals surface area contributed by atoms with Gasteiger partial charge in [-0.2, -0.15) is 0 Å². The summed E-state index contributed by atoms with van der Waals surface area (Å²) in [6.45, 7) is -0.435. The number of hydrogen-bond donors (Lipinski definition) is 1. The average Bonchev–Trinajstić information content (AvgIpc) is 2.34. The first-order valence-corrected chi connectivity index (χ1v) is 3.46. The maximum Gasteiger partial charge on any atom is 0.522 e. The van der Waals surface area contributed by atoms with Gasteiger partial charge in [0.15, 0.2) is 5.95 Å². The van der Waals surface area contributed by atoms with E-state index < -0.39 is 13.0 Å². The minimum Gasteiger partial charge on any atom is -0.369 e. The molecule has 1 aromatic heterocycles. The van der Waals surface area contributed by atoms with Gasteiger partial charge in [-0.3, -0.25) is 4.74 Å². The molecule has 0 amide bonds. The van der Waals surface area contributed by atoms with Gasteiger partial charge in [-0.25, -0.2) is 4.98 Å². The summed E-state index contributed by atoms with van der Waals surface area (Å²) >= 11 is 0. The number of nitrogen functional groups attached to an aromatic ring is 1. The van der Waals surface area contributed by atoms with Crippen molar-refractivity contribution < 1.29 is 17.9 Å². The van der Waals surface area contributed by atoms with E-state index in [9.17, 15) is 13.2 Å². The van der Waals surface area contributed by atoms with Gasteiger partial charge in [-0.05, 0) is 0 Å². The largest absolute Gasteiger partial charge is 0.522 e. The SMILES string of the molecule is Nc1nccn1CCOC(F)(F)F. The van der Waals surface area contributed by atoms with Gasteiger partial charge in [0, 0.05) is 18.9 Å². The third kappa shape index (κ3) is 3.32. The van der Waals surface area contributed by atoms with Crippen LogP contribution in [-0.4, -0.2) is 22.5 Å².